The lowest BCUT2D eigenvalue weighted by molar-refractivity contribution is -0.137. The number of halogens is 3. The Labute approximate surface area is 160 Å². The zero-order valence-corrected chi connectivity index (χ0v) is 15.9. The van der Waals surface area contributed by atoms with Gasteiger partial charge in [-0.3, -0.25) is 4.79 Å². The molecule has 0 saturated heterocycles. The molecule has 10 heteroatoms. The van der Waals surface area contributed by atoms with Crippen LogP contribution in [0.1, 0.15) is 22.8 Å². The number of anilines is 1. The Hall–Kier alpha value is -2.43. The summed E-state index contributed by atoms with van der Waals surface area (Å²) >= 11 is 0. The van der Waals surface area contributed by atoms with Gasteiger partial charge in [-0.2, -0.15) is 13.2 Å². The summed E-state index contributed by atoms with van der Waals surface area (Å²) in [5, 5.41) is 2.34. The highest BCUT2D eigenvalue weighted by Crippen LogP contribution is 2.32. The molecule has 0 heterocycles. The van der Waals surface area contributed by atoms with Crippen molar-refractivity contribution in [2.24, 2.45) is 0 Å². The molecule has 0 aliphatic rings. The van der Waals surface area contributed by atoms with Crippen LogP contribution < -0.4 is 10.0 Å². The lowest BCUT2D eigenvalue weighted by atomic mass is 10.1. The van der Waals surface area contributed by atoms with E-state index in [1.165, 1.54) is 43.5 Å². The van der Waals surface area contributed by atoms with E-state index >= 15 is 0 Å². The molecule has 6 nitrogen and oxygen atoms in total. The summed E-state index contributed by atoms with van der Waals surface area (Å²) in [5.74, 6) is -0.949. The number of sulfonamides is 1. The molecule has 1 atom stereocenters. The topological polar surface area (TPSA) is 84.5 Å². The third-order valence-electron chi connectivity index (χ3n) is 3.67. The van der Waals surface area contributed by atoms with Gasteiger partial charge in [-0.1, -0.05) is 12.1 Å². The molecule has 0 saturated carbocycles. The van der Waals surface area contributed by atoms with Crippen LogP contribution in [-0.2, 0) is 20.9 Å². The lowest BCUT2D eigenvalue weighted by Crippen LogP contribution is -2.35. The molecule has 0 aliphatic carbocycles. The molecule has 2 rings (SSSR count). The zero-order valence-electron chi connectivity index (χ0n) is 15.1. The summed E-state index contributed by atoms with van der Waals surface area (Å²) in [6, 6.07) is 9.03. The van der Waals surface area contributed by atoms with Gasteiger partial charge < -0.3 is 10.1 Å². The molecule has 0 fully saturated rings. The molecule has 2 aromatic rings. The second-order valence-electron chi connectivity index (χ2n) is 6.00. The molecular formula is C18H19F3N2O4S. The largest absolute Gasteiger partial charge is 0.417 e. The Bertz CT molecular complexity index is 929. The van der Waals surface area contributed by atoms with E-state index in [2.05, 4.69) is 10.0 Å². The van der Waals surface area contributed by atoms with Gasteiger partial charge >= 0.3 is 6.18 Å². The van der Waals surface area contributed by atoms with Crippen molar-refractivity contribution in [1.82, 2.24) is 4.72 Å². The van der Waals surface area contributed by atoms with E-state index in [-0.39, 0.29) is 17.2 Å². The van der Waals surface area contributed by atoms with Crippen LogP contribution in [0, 0.1) is 0 Å². The summed E-state index contributed by atoms with van der Waals surface area (Å²) in [6.45, 7) is 1.82. The number of benzene rings is 2. The minimum absolute atomic E-state index is 0.0517. The highest BCUT2D eigenvalue weighted by molar-refractivity contribution is 7.89. The summed E-state index contributed by atoms with van der Waals surface area (Å²) in [6.07, 6.45) is -4.67. The normalized spacial score (nSPS) is 13.2. The van der Waals surface area contributed by atoms with E-state index in [4.69, 9.17) is 4.74 Å². The molecule has 152 valence electrons. The molecule has 28 heavy (non-hydrogen) atoms. The van der Waals surface area contributed by atoms with Crippen LogP contribution in [0.3, 0.4) is 0 Å². The summed E-state index contributed by atoms with van der Waals surface area (Å²) in [5.41, 5.74) is -1.42. The van der Waals surface area contributed by atoms with Crippen LogP contribution in [0.5, 0.6) is 0 Å². The first kappa shape index (κ1) is 21.9. The fraction of sp³-hybridized carbons (Fsp3) is 0.278. The van der Waals surface area contributed by atoms with Crippen molar-refractivity contribution < 1.29 is 31.1 Å². The minimum atomic E-state index is -4.67. The molecular weight excluding hydrogens is 397 g/mol. The fourth-order valence-corrected chi connectivity index (χ4v) is 3.69. The highest BCUT2D eigenvalue weighted by Gasteiger charge is 2.34. The van der Waals surface area contributed by atoms with E-state index in [9.17, 15) is 26.4 Å². The number of ether oxygens (including phenoxy) is 1. The van der Waals surface area contributed by atoms with Crippen molar-refractivity contribution in [2.75, 3.05) is 19.0 Å². The number of alkyl halides is 3. The highest BCUT2D eigenvalue weighted by atomic mass is 32.2. The van der Waals surface area contributed by atoms with Gasteiger partial charge in [0.1, 0.15) is 0 Å². The van der Waals surface area contributed by atoms with E-state index < -0.39 is 39.3 Å². The van der Waals surface area contributed by atoms with Gasteiger partial charge in [0.15, 0.2) is 0 Å². The maximum Gasteiger partial charge on any atom is 0.417 e. The first-order valence-corrected chi connectivity index (χ1v) is 9.62. The number of amides is 1. The SMILES string of the molecule is COC[C@H](C)NS(=O)(=O)c1ccc(NC(=O)c2ccccc2C(F)(F)F)cc1. The maximum atomic E-state index is 13.0. The van der Waals surface area contributed by atoms with Crippen molar-refractivity contribution in [3.63, 3.8) is 0 Å². The van der Waals surface area contributed by atoms with Crippen LogP contribution in [0.2, 0.25) is 0 Å². The number of rotatable bonds is 7. The Morgan fingerprint density at radius 2 is 1.71 bits per heavy atom. The standard InChI is InChI=1S/C18H19F3N2O4S/c1-12(11-27-2)23-28(25,26)14-9-7-13(8-10-14)22-17(24)15-5-3-4-6-16(15)18(19,20)21/h3-10,12,23H,11H2,1-2H3,(H,22,24)/t12-/m0/s1. The van der Waals surface area contributed by atoms with Gasteiger partial charge in [-0.25, -0.2) is 13.1 Å². The van der Waals surface area contributed by atoms with Crippen LogP contribution in [0.25, 0.3) is 0 Å². The van der Waals surface area contributed by atoms with Crippen molar-refractivity contribution in [2.45, 2.75) is 24.0 Å². The summed E-state index contributed by atoms with van der Waals surface area (Å²) < 4.78 is 70.9. The third-order valence-corrected chi connectivity index (χ3v) is 5.28. The van der Waals surface area contributed by atoms with Gasteiger partial charge in [-0.15, -0.1) is 0 Å². The first-order chi connectivity index (χ1) is 13.0. The van der Waals surface area contributed by atoms with E-state index in [1.807, 2.05) is 0 Å². The van der Waals surface area contributed by atoms with Crippen LogP contribution in [0.4, 0.5) is 18.9 Å². The summed E-state index contributed by atoms with van der Waals surface area (Å²) in [7, 11) is -2.35. The average Bonchev–Trinajstić information content (AvgIpc) is 2.61. The second-order valence-corrected chi connectivity index (χ2v) is 7.71. The Morgan fingerprint density at radius 3 is 2.29 bits per heavy atom. The molecule has 1 amide bonds. The molecule has 0 unspecified atom stereocenters. The number of methoxy groups -OCH3 is 1. The molecule has 0 radical (unpaired) electrons. The smallest absolute Gasteiger partial charge is 0.383 e. The zero-order chi connectivity index (χ0) is 20.9. The van der Waals surface area contributed by atoms with Crippen molar-refractivity contribution >= 4 is 21.6 Å². The van der Waals surface area contributed by atoms with E-state index in [0.29, 0.717) is 0 Å². The van der Waals surface area contributed by atoms with Gasteiger partial charge in [-0.05, 0) is 43.3 Å². The monoisotopic (exact) mass is 416 g/mol. The van der Waals surface area contributed by atoms with Crippen LogP contribution >= 0.6 is 0 Å². The number of carbonyl (C=O) groups excluding carboxylic acids is 1. The summed E-state index contributed by atoms with van der Waals surface area (Å²) in [4.78, 5) is 12.2. The molecule has 0 spiro atoms. The molecule has 0 aromatic heterocycles. The van der Waals surface area contributed by atoms with Crippen molar-refractivity contribution in [3.8, 4) is 0 Å². The quantitative estimate of drug-likeness (QED) is 0.726. The fourth-order valence-electron chi connectivity index (χ4n) is 2.46. The van der Waals surface area contributed by atoms with Crippen LogP contribution in [0.15, 0.2) is 53.4 Å². The predicted octanol–water partition coefficient (Wildman–Crippen LogP) is 3.27. The van der Waals surface area contributed by atoms with E-state index in [0.717, 1.165) is 12.1 Å². The van der Waals surface area contributed by atoms with Crippen molar-refractivity contribution in [1.29, 1.82) is 0 Å². The Morgan fingerprint density at radius 1 is 1.11 bits per heavy atom. The number of hydrogen-bond donors (Lipinski definition) is 2. The maximum absolute atomic E-state index is 13.0. The van der Waals surface area contributed by atoms with Crippen LogP contribution in [-0.4, -0.2) is 34.1 Å². The second kappa shape index (κ2) is 8.72. The first-order valence-electron chi connectivity index (χ1n) is 8.13. The van der Waals surface area contributed by atoms with Gasteiger partial charge in [0, 0.05) is 18.8 Å². The number of hydrogen-bond acceptors (Lipinski definition) is 4. The minimum Gasteiger partial charge on any atom is -0.383 e. The molecule has 0 bridgehead atoms. The van der Waals surface area contributed by atoms with Gasteiger partial charge in [0.05, 0.1) is 22.6 Å². The third kappa shape index (κ3) is 5.54. The number of carbonyl (C=O) groups is 1. The Balaban J connectivity index is 2.16. The molecule has 2 aromatic carbocycles. The number of nitrogens with one attached hydrogen (secondary N) is 2. The van der Waals surface area contributed by atoms with Crippen molar-refractivity contribution in [3.05, 3.63) is 59.7 Å². The lowest BCUT2D eigenvalue weighted by Gasteiger charge is -2.14. The Kier molecular flexibility index (Phi) is 6.81. The molecule has 2 N–H and O–H groups in total. The van der Waals surface area contributed by atoms with Gasteiger partial charge in [0.25, 0.3) is 5.91 Å². The van der Waals surface area contributed by atoms with Gasteiger partial charge in [0.2, 0.25) is 10.0 Å². The predicted molar refractivity (Wildman–Crippen MR) is 97.5 cm³/mol. The average molecular weight is 416 g/mol. The van der Waals surface area contributed by atoms with E-state index in [1.54, 1.807) is 6.92 Å². The molecule has 0 aliphatic heterocycles.